The highest BCUT2D eigenvalue weighted by Gasteiger charge is 2.30. The third-order valence-corrected chi connectivity index (χ3v) is 4.64. The zero-order valence-electron chi connectivity index (χ0n) is 16.4. The van der Waals surface area contributed by atoms with Crippen LogP contribution in [-0.2, 0) is 20.9 Å². The van der Waals surface area contributed by atoms with Gasteiger partial charge in [-0.15, -0.1) is 0 Å². The van der Waals surface area contributed by atoms with E-state index in [9.17, 15) is 9.59 Å². The van der Waals surface area contributed by atoms with Crippen molar-refractivity contribution >= 4 is 23.4 Å². The molecule has 0 saturated heterocycles. The molecule has 0 radical (unpaired) electrons. The Balaban J connectivity index is 2.30. The molecule has 5 nitrogen and oxygen atoms in total. The maximum absolute atomic E-state index is 13.0. The summed E-state index contributed by atoms with van der Waals surface area (Å²) in [6.07, 6.45) is 1.02. The fourth-order valence-electron chi connectivity index (χ4n) is 2.95. The maximum atomic E-state index is 13.0. The van der Waals surface area contributed by atoms with Gasteiger partial charge in [-0.2, -0.15) is 0 Å². The van der Waals surface area contributed by atoms with Crippen LogP contribution < -0.4 is 5.32 Å². The molecule has 1 atom stereocenters. The van der Waals surface area contributed by atoms with Crippen LogP contribution >= 0.6 is 11.6 Å². The van der Waals surface area contributed by atoms with Gasteiger partial charge in [0.25, 0.3) is 0 Å². The van der Waals surface area contributed by atoms with E-state index in [1.54, 1.807) is 31.1 Å². The second kappa shape index (κ2) is 11.5. The predicted molar refractivity (Wildman–Crippen MR) is 111 cm³/mol. The lowest BCUT2D eigenvalue weighted by Crippen LogP contribution is -2.43. The Hall–Kier alpha value is -2.37. The molecule has 0 heterocycles. The first kappa shape index (κ1) is 21.9. The number of benzene rings is 2. The number of methoxy groups -OCH3 is 1. The van der Waals surface area contributed by atoms with Crippen LogP contribution in [0.3, 0.4) is 0 Å². The molecular weight excluding hydrogens is 376 g/mol. The van der Waals surface area contributed by atoms with Crippen LogP contribution in [0.15, 0.2) is 54.6 Å². The zero-order valence-corrected chi connectivity index (χ0v) is 17.1. The van der Waals surface area contributed by atoms with Crippen molar-refractivity contribution in [3.8, 4) is 0 Å². The van der Waals surface area contributed by atoms with Gasteiger partial charge in [0, 0.05) is 38.2 Å². The van der Waals surface area contributed by atoms with E-state index in [4.69, 9.17) is 16.3 Å². The van der Waals surface area contributed by atoms with E-state index in [1.807, 2.05) is 42.5 Å². The Morgan fingerprint density at radius 2 is 1.79 bits per heavy atom. The van der Waals surface area contributed by atoms with Crippen LogP contribution in [0.4, 0.5) is 0 Å². The molecule has 1 N–H and O–H groups in total. The Kier molecular flexibility index (Phi) is 8.98. The standard InChI is InChI=1S/C22H27ClN2O3/c1-3-20(26)25(16-17-10-12-19(23)13-11-17)21(18-8-5-4-6-9-18)22(27)24-14-7-15-28-2/h4-6,8-13,21H,3,7,14-16H2,1-2H3,(H,24,27)/t21-/m0/s1. The lowest BCUT2D eigenvalue weighted by Gasteiger charge is -2.31. The van der Waals surface area contributed by atoms with Crippen LogP contribution in [0.5, 0.6) is 0 Å². The molecule has 0 aliphatic carbocycles. The van der Waals surface area contributed by atoms with Gasteiger partial charge >= 0.3 is 0 Å². The number of amides is 2. The number of hydrogen-bond donors (Lipinski definition) is 1. The number of nitrogens with one attached hydrogen (secondary N) is 1. The minimum atomic E-state index is -0.702. The van der Waals surface area contributed by atoms with Gasteiger partial charge in [-0.05, 0) is 29.7 Å². The highest BCUT2D eigenvalue weighted by atomic mass is 35.5. The topological polar surface area (TPSA) is 58.6 Å². The summed E-state index contributed by atoms with van der Waals surface area (Å²) in [6.45, 7) is 3.19. The highest BCUT2D eigenvalue weighted by Crippen LogP contribution is 2.25. The summed E-state index contributed by atoms with van der Waals surface area (Å²) in [6, 6.07) is 16.0. The van der Waals surface area contributed by atoms with Gasteiger partial charge in [-0.1, -0.05) is 61.0 Å². The van der Waals surface area contributed by atoms with Gasteiger partial charge < -0.3 is 15.0 Å². The Labute approximate surface area is 171 Å². The molecule has 0 aliphatic rings. The van der Waals surface area contributed by atoms with Gasteiger partial charge in [0.05, 0.1) is 0 Å². The van der Waals surface area contributed by atoms with E-state index in [2.05, 4.69) is 5.32 Å². The number of ether oxygens (including phenoxy) is 1. The number of carbonyl (C=O) groups is 2. The third kappa shape index (κ3) is 6.36. The summed E-state index contributed by atoms with van der Waals surface area (Å²) in [5, 5.41) is 3.57. The first-order valence-corrected chi connectivity index (χ1v) is 9.80. The minimum Gasteiger partial charge on any atom is -0.385 e. The third-order valence-electron chi connectivity index (χ3n) is 4.39. The molecule has 2 aromatic rings. The fraction of sp³-hybridized carbons (Fsp3) is 0.364. The molecular formula is C22H27ClN2O3. The van der Waals surface area contributed by atoms with Crippen molar-refractivity contribution in [2.45, 2.75) is 32.4 Å². The summed E-state index contributed by atoms with van der Waals surface area (Å²) < 4.78 is 5.03. The summed E-state index contributed by atoms with van der Waals surface area (Å²) in [5.74, 6) is -0.283. The largest absolute Gasteiger partial charge is 0.385 e. The number of nitrogens with zero attached hydrogens (tertiary/aromatic N) is 1. The Morgan fingerprint density at radius 3 is 2.39 bits per heavy atom. The molecule has 0 aromatic heterocycles. The van der Waals surface area contributed by atoms with E-state index in [0.717, 1.165) is 11.1 Å². The Bertz CT molecular complexity index is 750. The van der Waals surface area contributed by atoms with Gasteiger partial charge in [0.1, 0.15) is 6.04 Å². The lowest BCUT2D eigenvalue weighted by molar-refractivity contribution is -0.141. The molecule has 0 spiro atoms. The molecule has 0 aliphatic heterocycles. The summed E-state index contributed by atoms with van der Waals surface area (Å²) >= 11 is 5.97. The minimum absolute atomic E-state index is 0.0872. The van der Waals surface area contributed by atoms with E-state index in [0.29, 0.717) is 37.6 Å². The van der Waals surface area contributed by atoms with Gasteiger partial charge in [0.15, 0.2) is 0 Å². The summed E-state index contributed by atoms with van der Waals surface area (Å²) in [7, 11) is 1.63. The number of hydrogen-bond acceptors (Lipinski definition) is 3. The molecule has 2 amide bonds. The smallest absolute Gasteiger partial charge is 0.247 e. The van der Waals surface area contributed by atoms with Gasteiger partial charge in [-0.3, -0.25) is 9.59 Å². The second-order valence-corrected chi connectivity index (χ2v) is 6.89. The average Bonchev–Trinajstić information content (AvgIpc) is 2.72. The van der Waals surface area contributed by atoms with Gasteiger partial charge in [-0.25, -0.2) is 0 Å². The molecule has 28 heavy (non-hydrogen) atoms. The molecule has 2 aromatic carbocycles. The van der Waals surface area contributed by atoms with Crippen LogP contribution in [0.1, 0.15) is 36.9 Å². The van der Waals surface area contributed by atoms with Crippen molar-refractivity contribution in [2.24, 2.45) is 0 Å². The van der Waals surface area contributed by atoms with Crippen LogP contribution in [0, 0.1) is 0 Å². The van der Waals surface area contributed by atoms with E-state index in [-0.39, 0.29) is 11.8 Å². The van der Waals surface area contributed by atoms with Crippen LogP contribution in [0.2, 0.25) is 5.02 Å². The number of halogens is 1. The SMILES string of the molecule is CCC(=O)N(Cc1ccc(Cl)cc1)[C@H](C(=O)NCCCOC)c1ccccc1. The molecule has 0 fully saturated rings. The van der Waals surface area contributed by atoms with Crippen LogP contribution in [0.25, 0.3) is 0 Å². The average molecular weight is 403 g/mol. The van der Waals surface area contributed by atoms with Crippen molar-refractivity contribution in [1.29, 1.82) is 0 Å². The van der Waals surface area contributed by atoms with E-state index in [1.165, 1.54) is 0 Å². The maximum Gasteiger partial charge on any atom is 0.247 e. The van der Waals surface area contributed by atoms with Crippen LogP contribution in [-0.4, -0.2) is 37.0 Å². The Morgan fingerprint density at radius 1 is 1.11 bits per heavy atom. The quantitative estimate of drug-likeness (QED) is 0.611. The molecule has 0 bridgehead atoms. The molecule has 2 rings (SSSR count). The second-order valence-electron chi connectivity index (χ2n) is 6.45. The number of rotatable bonds is 10. The van der Waals surface area contributed by atoms with E-state index >= 15 is 0 Å². The monoisotopic (exact) mass is 402 g/mol. The molecule has 150 valence electrons. The first-order valence-electron chi connectivity index (χ1n) is 9.42. The summed E-state index contributed by atoms with van der Waals surface area (Å²) in [5.41, 5.74) is 1.70. The van der Waals surface area contributed by atoms with Crippen molar-refractivity contribution in [3.05, 3.63) is 70.7 Å². The number of carbonyl (C=O) groups excluding carboxylic acids is 2. The summed E-state index contributed by atoms with van der Waals surface area (Å²) in [4.78, 5) is 27.5. The molecule has 0 unspecified atom stereocenters. The molecule has 6 heteroatoms. The van der Waals surface area contributed by atoms with Crippen molar-refractivity contribution < 1.29 is 14.3 Å². The fourth-order valence-corrected chi connectivity index (χ4v) is 3.07. The highest BCUT2D eigenvalue weighted by molar-refractivity contribution is 6.30. The zero-order chi connectivity index (χ0) is 20.4. The van der Waals surface area contributed by atoms with Crippen molar-refractivity contribution in [2.75, 3.05) is 20.3 Å². The lowest BCUT2D eigenvalue weighted by atomic mass is 10.0. The van der Waals surface area contributed by atoms with Crippen molar-refractivity contribution in [3.63, 3.8) is 0 Å². The first-order chi connectivity index (χ1) is 13.6. The normalized spacial score (nSPS) is 11.7. The van der Waals surface area contributed by atoms with Crippen molar-refractivity contribution in [1.82, 2.24) is 10.2 Å². The van der Waals surface area contributed by atoms with Gasteiger partial charge in [0.2, 0.25) is 11.8 Å². The molecule has 0 saturated carbocycles. The van der Waals surface area contributed by atoms with E-state index < -0.39 is 6.04 Å². The predicted octanol–water partition coefficient (Wildman–Crippen LogP) is 3.97.